The van der Waals surface area contributed by atoms with Crippen LogP contribution in [0.5, 0.6) is 0 Å². The molecular formula is C14H24N4O7. The summed E-state index contributed by atoms with van der Waals surface area (Å²) in [4.78, 5) is 56.5. The minimum absolute atomic E-state index is 0.0783. The molecule has 3 amide bonds. The number of carbonyl (C=O) groups is 5. The van der Waals surface area contributed by atoms with Gasteiger partial charge in [-0.15, -0.1) is 0 Å². The van der Waals surface area contributed by atoms with Crippen molar-refractivity contribution < 1.29 is 34.2 Å². The molecule has 0 fully saturated rings. The normalized spacial score (nSPS) is 12.8. The summed E-state index contributed by atoms with van der Waals surface area (Å²) in [5.74, 6) is -4.84. The number of rotatable bonds is 11. The van der Waals surface area contributed by atoms with Crippen LogP contribution in [0.1, 0.15) is 26.7 Å². The smallest absolute Gasteiger partial charge is 0.326 e. The number of nitrogens with two attached hydrogens (primary N) is 1. The van der Waals surface area contributed by atoms with Crippen LogP contribution in [0, 0.1) is 5.92 Å². The number of aliphatic carboxylic acids is 2. The zero-order valence-electron chi connectivity index (χ0n) is 14.1. The Kier molecular flexibility index (Phi) is 9.79. The van der Waals surface area contributed by atoms with Crippen LogP contribution in [0.4, 0.5) is 0 Å². The lowest BCUT2D eigenvalue weighted by Gasteiger charge is -2.20. The largest absolute Gasteiger partial charge is 0.481 e. The van der Waals surface area contributed by atoms with Crippen molar-refractivity contribution in [2.75, 3.05) is 13.1 Å². The van der Waals surface area contributed by atoms with Gasteiger partial charge < -0.3 is 31.9 Å². The average molecular weight is 360 g/mol. The molecule has 0 rings (SSSR count). The maximum absolute atomic E-state index is 12.1. The van der Waals surface area contributed by atoms with Crippen LogP contribution in [0.25, 0.3) is 0 Å². The summed E-state index contributed by atoms with van der Waals surface area (Å²) in [7, 11) is 0. The quantitative estimate of drug-likeness (QED) is 0.236. The van der Waals surface area contributed by atoms with Gasteiger partial charge in [0, 0.05) is 0 Å². The third kappa shape index (κ3) is 9.91. The van der Waals surface area contributed by atoms with Crippen LogP contribution >= 0.6 is 0 Å². The van der Waals surface area contributed by atoms with Crippen molar-refractivity contribution in [2.24, 2.45) is 11.7 Å². The highest BCUT2D eigenvalue weighted by Gasteiger charge is 2.25. The molecule has 25 heavy (non-hydrogen) atoms. The molecule has 0 saturated carbocycles. The molecule has 0 aliphatic heterocycles. The van der Waals surface area contributed by atoms with Crippen molar-refractivity contribution in [1.82, 2.24) is 16.0 Å². The number of carboxylic acid groups (broad SMARTS) is 2. The molecule has 11 heteroatoms. The number of carboxylic acids is 2. The highest BCUT2D eigenvalue weighted by atomic mass is 16.4. The lowest BCUT2D eigenvalue weighted by molar-refractivity contribution is -0.147. The van der Waals surface area contributed by atoms with Crippen LogP contribution in [0.15, 0.2) is 0 Å². The topological polar surface area (TPSA) is 188 Å². The van der Waals surface area contributed by atoms with Gasteiger partial charge in [-0.3, -0.25) is 19.2 Å². The van der Waals surface area contributed by atoms with Gasteiger partial charge in [0.05, 0.1) is 19.5 Å². The van der Waals surface area contributed by atoms with Gasteiger partial charge in [0.1, 0.15) is 12.1 Å². The highest BCUT2D eigenvalue weighted by molar-refractivity contribution is 5.92. The number of nitrogens with one attached hydrogen (secondary N) is 3. The predicted octanol–water partition coefficient (Wildman–Crippen LogP) is -2.36. The standard InChI is InChI=1S/C14H24N4O7/c1-7(2)3-8(17-10(19)5-15)13(23)16-6-11(20)18-9(14(24)25)4-12(21)22/h7-9H,3-6,15H2,1-2H3,(H,16,23)(H,17,19)(H,18,20)(H,21,22)(H,24,25). The summed E-state index contributed by atoms with van der Waals surface area (Å²) < 4.78 is 0. The van der Waals surface area contributed by atoms with E-state index in [4.69, 9.17) is 15.9 Å². The summed E-state index contributed by atoms with van der Waals surface area (Å²) >= 11 is 0. The predicted molar refractivity (Wildman–Crippen MR) is 85.3 cm³/mol. The molecule has 0 aliphatic rings. The fourth-order valence-electron chi connectivity index (χ4n) is 1.87. The van der Waals surface area contributed by atoms with E-state index in [1.807, 2.05) is 19.2 Å². The molecule has 7 N–H and O–H groups in total. The van der Waals surface area contributed by atoms with Gasteiger partial charge in [0.25, 0.3) is 0 Å². The van der Waals surface area contributed by atoms with E-state index in [1.54, 1.807) is 0 Å². The third-order valence-electron chi connectivity index (χ3n) is 2.98. The Morgan fingerprint density at radius 2 is 1.52 bits per heavy atom. The first-order chi connectivity index (χ1) is 11.6. The van der Waals surface area contributed by atoms with E-state index in [0.717, 1.165) is 0 Å². The average Bonchev–Trinajstić information content (AvgIpc) is 2.50. The molecule has 0 aliphatic carbocycles. The van der Waals surface area contributed by atoms with Crippen molar-refractivity contribution in [1.29, 1.82) is 0 Å². The number of hydrogen-bond acceptors (Lipinski definition) is 6. The van der Waals surface area contributed by atoms with E-state index in [0.29, 0.717) is 6.42 Å². The maximum atomic E-state index is 12.1. The van der Waals surface area contributed by atoms with Gasteiger partial charge in [-0.2, -0.15) is 0 Å². The molecule has 0 aromatic rings. The second-order valence-corrected chi connectivity index (χ2v) is 5.73. The van der Waals surface area contributed by atoms with Crippen LogP contribution in [0.2, 0.25) is 0 Å². The zero-order valence-corrected chi connectivity index (χ0v) is 14.1. The lowest BCUT2D eigenvalue weighted by Crippen LogP contribution is -2.52. The third-order valence-corrected chi connectivity index (χ3v) is 2.98. The molecule has 2 atom stereocenters. The van der Waals surface area contributed by atoms with Crippen molar-refractivity contribution in [3.8, 4) is 0 Å². The van der Waals surface area contributed by atoms with E-state index < -0.39 is 54.7 Å². The fraction of sp³-hybridized carbons (Fsp3) is 0.643. The van der Waals surface area contributed by atoms with Crippen LogP contribution in [-0.4, -0.2) is 65.0 Å². The van der Waals surface area contributed by atoms with Gasteiger partial charge in [-0.05, 0) is 12.3 Å². The second-order valence-electron chi connectivity index (χ2n) is 5.73. The van der Waals surface area contributed by atoms with Crippen molar-refractivity contribution >= 4 is 29.7 Å². The first-order valence-corrected chi connectivity index (χ1v) is 7.57. The van der Waals surface area contributed by atoms with E-state index in [2.05, 4.69) is 10.6 Å². The molecule has 2 unspecified atom stereocenters. The van der Waals surface area contributed by atoms with Gasteiger partial charge in [-0.1, -0.05) is 13.8 Å². The van der Waals surface area contributed by atoms with Gasteiger partial charge in [-0.25, -0.2) is 4.79 Å². The summed E-state index contributed by atoms with van der Waals surface area (Å²) in [5, 5.41) is 24.1. The minimum Gasteiger partial charge on any atom is -0.481 e. The Bertz CT molecular complexity index is 521. The summed E-state index contributed by atoms with van der Waals surface area (Å²) in [6, 6.07) is -2.50. The molecular weight excluding hydrogens is 336 g/mol. The molecule has 142 valence electrons. The highest BCUT2D eigenvalue weighted by Crippen LogP contribution is 2.04. The van der Waals surface area contributed by atoms with Crippen molar-refractivity contribution in [3.05, 3.63) is 0 Å². The lowest BCUT2D eigenvalue weighted by atomic mass is 10.0. The van der Waals surface area contributed by atoms with Gasteiger partial charge >= 0.3 is 11.9 Å². The first kappa shape index (κ1) is 22.3. The van der Waals surface area contributed by atoms with Gasteiger partial charge in [0.15, 0.2) is 0 Å². The molecule has 0 heterocycles. The Balaban J connectivity index is 4.64. The maximum Gasteiger partial charge on any atom is 0.326 e. The zero-order chi connectivity index (χ0) is 19.6. The molecule has 0 spiro atoms. The molecule has 0 aromatic heterocycles. The van der Waals surface area contributed by atoms with Crippen LogP contribution in [-0.2, 0) is 24.0 Å². The van der Waals surface area contributed by atoms with E-state index in [-0.39, 0.29) is 12.5 Å². The molecule has 0 saturated heterocycles. The second kappa shape index (κ2) is 11.0. The first-order valence-electron chi connectivity index (χ1n) is 7.57. The summed E-state index contributed by atoms with van der Waals surface area (Å²) in [6.07, 6.45) is -0.479. The van der Waals surface area contributed by atoms with Crippen molar-refractivity contribution in [3.63, 3.8) is 0 Å². The Morgan fingerprint density at radius 1 is 0.960 bits per heavy atom. The molecule has 0 bridgehead atoms. The SMILES string of the molecule is CC(C)CC(NC(=O)CN)C(=O)NCC(=O)NC(CC(=O)O)C(=O)O. The van der Waals surface area contributed by atoms with E-state index in [1.165, 1.54) is 0 Å². The Hall–Kier alpha value is -2.69. The Labute approximate surface area is 144 Å². The minimum atomic E-state index is -1.61. The monoisotopic (exact) mass is 360 g/mol. The number of amides is 3. The van der Waals surface area contributed by atoms with Crippen molar-refractivity contribution in [2.45, 2.75) is 38.8 Å². The summed E-state index contributed by atoms with van der Waals surface area (Å²) in [6.45, 7) is 2.82. The number of carbonyl (C=O) groups excluding carboxylic acids is 3. The summed E-state index contributed by atoms with van der Waals surface area (Å²) in [5.41, 5.74) is 5.18. The van der Waals surface area contributed by atoms with Crippen LogP contribution < -0.4 is 21.7 Å². The molecule has 11 nitrogen and oxygen atoms in total. The van der Waals surface area contributed by atoms with E-state index in [9.17, 15) is 24.0 Å². The fourth-order valence-corrected chi connectivity index (χ4v) is 1.87. The number of hydrogen-bond donors (Lipinski definition) is 6. The van der Waals surface area contributed by atoms with Crippen LogP contribution in [0.3, 0.4) is 0 Å². The molecule has 0 aromatic carbocycles. The van der Waals surface area contributed by atoms with Gasteiger partial charge in [0.2, 0.25) is 17.7 Å². The Morgan fingerprint density at radius 3 is 1.96 bits per heavy atom. The van der Waals surface area contributed by atoms with E-state index >= 15 is 0 Å². The molecule has 0 radical (unpaired) electrons.